The third-order valence-corrected chi connectivity index (χ3v) is 4.84. The highest BCUT2D eigenvalue weighted by Crippen LogP contribution is 2.28. The van der Waals surface area contributed by atoms with Crippen LogP contribution in [0.15, 0.2) is 63.9 Å². The second-order valence-corrected chi connectivity index (χ2v) is 7.09. The summed E-state index contributed by atoms with van der Waals surface area (Å²) in [7, 11) is 3.14. The van der Waals surface area contributed by atoms with E-state index in [1.807, 2.05) is 12.1 Å². The third-order valence-electron chi connectivity index (χ3n) is 4.60. The van der Waals surface area contributed by atoms with Gasteiger partial charge in [0.1, 0.15) is 11.5 Å². The Hall–Kier alpha value is -3.65. The van der Waals surface area contributed by atoms with Crippen LogP contribution in [0.3, 0.4) is 0 Å². The molecule has 0 unspecified atom stereocenters. The van der Waals surface area contributed by atoms with Gasteiger partial charge >= 0.3 is 0 Å². The first-order valence-electron chi connectivity index (χ1n) is 9.46. The molecule has 0 atom stereocenters. The molecule has 0 amide bonds. The molecule has 8 nitrogen and oxygen atoms in total. The Morgan fingerprint density at radius 3 is 2.48 bits per heavy atom. The molecule has 0 N–H and O–H groups in total. The molecule has 158 valence electrons. The maximum atomic E-state index is 12.2. The quantitative estimate of drug-likeness (QED) is 0.432. The number of hydrogen-bond donors (Lipinski definition) is 0. The number of ether oxygens (including phenoxy) is 2. The first-order valence-corrected chi connectivity index (χ1v) is 9.83. The molecule has 0 aliphatic carbocycles. The first-order chi connectivity index (χ1) is 15.1. The van der Waals surface area contributed by atoms with Gasteiger partial charge in [-0.15, -0.1) is 0 Å². The second kappa shape index (κ2) is 9.01. The summed E-state index contributed by atoms with van der Waals surface area (Å²) in [6, 6.07) is 15.8. The molecule has 0 aliphatic rings. The number of halogens is 1. The molecule has 0 saturated heterocycles. The molecular formula is C22H19ClN4O4. The van der Waals surface area contributed by atoms with E-state index in [1.165, 1.54) is 10.7 Å². The molecule has 0 radical (unpaired) electrons. The molecule has 2 aromatic carbocycles. The molecule has 0 fully saturated rings. The average molecular weight is 439 g/mol. The van der Waals surface area contributed by atoms with E-state index in [0.29, 0.717) is 45.9 Å². The van der Waals surface area contributed by atoms with Gasteiger partial charge in [0, 0.05) is 34.7 Å². The SMILES string of the molecule is COc1cc(OC)cc(-c2noc(CCn3nc(-c4cccc(Cl)c4)ccc3=O)n2)c1. The molecular weight excluding hydrogens is 420 g/mol. The van der Waals surface area contributed by atoms with Gasteiger partial charge in [0.25, 0.3) is 5.56 Å². The lowest BCUT2D eigenvalue weighted by Crippen LogP contribution is -2.23. The maximum absolute atomic E-state index is 12.2. The van der Waals surface area contributed by atoms with Crippen molar-refractivity contribution in [1.29, 1.82) is 0 Å². The predicted molar refractivity (Wildman–Crippen MR) is 115 cm³/mol. The molecule has 0 aliphatic heterocycles. The van der Waals surface area contributed by atoms with Gasteiger partial charge in [-0.25, -0.2) is 4.68 Å². The zero-order valence-corrected chi connectivity index (χ0v) is 17.7. The van der Waals surface area contributed by atoms with Gasteiger partial charge in [-0.3, -0.25) is 4.79 Å². The molecule has 0 spiro atoms. The minimum absolute atomic E-state index is 0.219. The van der Waals surface area contributed by atoms with E-state index in [2.05, 4.69) is 15.2 Å². The minimum atomic E-state index is -0.219. The van der Waals surface area contributed by atoms with Crippen molar-refractivity contribution in [3.05, 3.63) is 75.9 Å². The van der Waals surface area contributed by atoms with Crippen LogP contribution in [-0.2, 0) is 13.0 Å². The monoisotopic (exact) mass is 438 g/mol. The molecule has 0 bridgehead atoms. The van der Waals surface area contributed by atoms with Crippen molar-refractivity contribution in [2.24, 2.45) is 0 Å². The Balaban J connectivity index is 1.53. The Labute approximate surface area is 183 Å². The summed E-state index contributed by atoms with van der Waals surface area (Å²) >= 11 is 6.06. The summed E-state index contributed by atoms with van der Waals surface area (Å²) in [5.41, 5.74) is 1.96. The fourth-order valence-electron chi connectivity index (χ4n) is 3.02. The number of aryl methyl sites for hydroxylation is 2. The van der Waals surface area contributed by atoms with Crippen LogP contribution < -0.4 is 15.0 Å². The lowest BCUT2D eigenvalue weighted by Gasteiger charge is -2.06. The predicted octanol–water partition coefficient (Wildman–Crippen LogP) is 3.87. The highest BCUT2D eigenvalue weighted by Gasteiger charge is 2.13. The fourth-order valence-corrected chi connectivity index (χ4v) is 3.21. The lowest BCUT2D eigenvalue weighted by atomic mass is 10.1. The summed E-state index contributed by atoms with van der Waals surface area (Å²) in [6.07, 6.45) is 0.347. The van der Waals surface area contributed by atoms with Crippen LogP contribution in [-0.4, -0.2) is 34.1 Å². The first kappa shape index (κ1) is 20.6. The number of methoxy groups -OCH3 is 2. The summed E-state index contributed by atoms with van der Waals surface area (Å²) in [5.74, 6) is 2.03. The number of aromatic nitrogens is 4. The Morgan fingerprint density at radius 2 is 1.77 bits per heavy atom. The highest BCUT2D eigenvalue weighted by molar-refractivity contribution is 6.30. The van der Waals surface area contributed by atoms with Crippen LogP contribution in [0, 0.1) is 0 Å². The van der Waals surface area contributed by atoms with E-state index in [4.69, 9.17) is 25.6 Å². The molecule has 2 aromatic heterocycles. The van der Waals surface area contributed by atoms with Gasteiger partial charge in [0.05, 0.1) is 26.5 Å². The van der Waals surface area contributed by atoms with Gasteiger partial charge in [-0.05, 0) is 30.3 Å². The van der Waals surface area contributed by atoms with Gasteiger partial charge in [-0.2, -0.15) is 10.1 Å². The van der Waals surface area contributed by atoms with E-state index in [-0.39, 0.29) is 12.1 Å². The zero-order valence-electron chi connectivity index (χ0n) is 16.9. The molecule has 4 rings (SSSR count). The van der Waals surface area contributed by atoms with E-state index in [0.717, 1.165) is 5.56 Å². The van der Waals surface area contributed by atoms with Crippen molar-refractivity contribution in [2.75, 3.05) is 14.2 Å². The van der Waals surface area contributed by atoms with E-state index in [1.54, 1.807) is 50.6 Å². The van der Waals surface area contributed by atoms with Crippen molar-refractivity contribution in [3.8, 4) is 34.1 Å². The number of rotatable bonds is 7. The Bertz CT molecular complexity index is 1250. The van der Waals surface area contributed by atoms with Crippen molar-refractivity contribution in [1.82, 2.24) is 19.9 Å². The molecule has 0 saturated carbocycles. The largest absolute Gasteiger partial charge is 0.497 e. The number of nitrogens with zero attached hydrogens (tertiary/aromatic N) is 4. The van der Waals surface area contributed by atoms with Crippen LogP contribution in [0.2, 0.25) is 5.02 Å². The number of hydrogen-bond acceptors (Lipinski definition) is 7. The van der Waals surface area contributed by atoms with Crippen LogP contribution in [0.4, 0.5) is 0 Å². The van der Waals surface area contributed by atoms with Crippen LogP contribution >= 0.6 is 11.6 Å². The van der Waals surface area contributed by atoms with Crippen molar-refractivity contribution in [3.63, 3.8) is 0 Å². The summed E-state index contributed by atoms with van der Waals surface area (Å²) in [4.78, 5) is 16.7. The normalized spacial score (nSPS) is 10.8. The number of benzene rings is 2. The Morgan fingerprint density at radius 1 is 1.00 bits per heavy atom. The summed E-state index contributed by atoms with van der Waals surface area (Å²) in [5, 5.41) is 9.06. The summed E-state index contributed by atoms with van der Waals surface area (Å²) in [6.45, 7) is 0.288. The van der Waals surface area contributed by atoms with Gasteiger partial charge < -0.3 is 14.0 Å². The minimum Gasteiger partial charge on any atom is -0.497 e. The van der Waals surface area contributed by atoms with E-state index < -0.39 is 0 Å². The third kappa shape index (κ3) is 4.75. The topological polar surface area (TPSA) is 92.3 Å². The smallest absolute Gasteiger partial charge is 0.266 e. The molecule has 9 heteroatoms. The maximum Gasteiger partial charge on any atom is 0.266 e. The highest BCUT2D eigenvalue weighted by atomic mass is 35.5. The van der Waals surface area contributed by atoms with Crippen LogP contribution in [0.25, 0.3) is 22.6 Å². The fraction of sp³-hybridized carbons (Fsp3) is 0.182. The van der Waals surface area contributed by atoms with Gasteiger partial charge in [0.15, 0.2) is 0 Å². The van der Waals surface area contributed by atoms with Crippen LogP contribution in [0.1, 0.15) is 5.89 Å². The zero-order chi connectivity index (χ0) is 21.8. The average Bonchev–Trinajstić information content (AvgIpc) is 3.27. The van der Waals surface area contributed by atoms with Gasteiger partial charge in [0.2, 0.25) is 11.7 Å². The van der Waals surface area contributed by atoms with E-state index >= 15 is 0 Å². The van der Waals surface area contributed by atoms with E-state index in [9.17, 15) is 4.79 Å². The summed E-state index contributed by atoms with van der Waals surface area (Å²) < 4.78 is 17.3. The second-order valence-electron chi connectivity index (χ2n) is 6.65. The van der Waals surface area contributed by atoms with Crippen molar-refractivity contribution >= 4 is 11.6 Å². The van der Waals surface area contributed by atoms with Crippen molar-refractivity contribution in [2.45, 2.75) is 13.0 Å². The molecule has 2 heterocycles. The standard InChI is InChI=1S/C22H19ClN4O4/c1-29-17-11-15(12-18(13-17)30-2)22-24-20(31-26-22)8-9-27-21(28)7-6-19(25-27)14-4-3-5-16(23)10-14/h3-7,10-13H,8-9H2,1-2H3. The molecule has 31 heavy (non-hydrogen) atoms. The van der Waals surface area contributed by atoms with Gasteiger partial charge in [-0.1, -0.05) is 28.9 Å². The Kier molecular flexibility index (Phi) is 5.99. The lowest BCUT2D eigenvalue weighted by molar-refractivity contribution is 0.367. The molecule has 4 aromatic rings. The van der Waals surface area contributed by atoms with Crippen molar-refractivity contribution < 1.29 is 14.0 Å². The van der Waals surface area contributed by atoms with Crippen LogP contribution in [0.5, 0.6) is 11.5 Å².